The Morgan fingerprint density at radius 3 is 2.39 bits per heavy atom. The summed E-state index contributed by atoms with van der Waals surface area (Å²) in [5.74, 6) is -0.249. The number of halogens is 1. The van der Waals surface area contributed by atoms with E-state index in [9.17, 15) is 13.2 Å². The Balaban J connectivity index is 2.18. The maximum absolute atomic E-state index is 12.2. The number of nitrogens with one attached hydrogen (secondary N) is 1. The minimum atomic E-state index is -3.36. The zero-order valence-electron chi connectivity index (χ0n) is 13.2. The van der Waals surface area contributed by atoms with Gasteiger partial charge in [-0.3, -0.25) is 4.79 Å². The standard InChI is InChI=1S/C17H18ClNO3S/c1-11-4-5-13(8-12(11)2)9-17(20)19-16-10-14(23(3,21)22)6-7-15(16)18/h4-8,10H,9H2,1-3H3,(H,19,20). The first-order valence-corrected chi connectivity index (χ1v) is 9.29. The van der Waals surface area contributed by atoms with Gasteiger partial charge in [-0.15, -0.1) is 0 Å². The number of hydrogen-bond donors (Lipinski definition) is 1. The average Bonchev–Trinajstić information content (AvgIpc) is 2.44. The van der Waals surface area contributed by atoms with Gasteiger partial charge in [0.2, 0.25) is 5.91 Å². The number of carbonyl (C=O) groups excluding carboxylic acids is 1. The van der Waals surface area contributed by atoms with Crippen molar-refractivity contribution < 1.29 is 13.2 Å². The average molecular weight is 352 g/mol. The monoisotopic (exact) mass is 351 g/mol. The Labute approximate surface area is 141 Å². The van der Waals surface area contributed by atoms with Gasteiger partial charge in [-0.25, -0.2) is 8.42 Å². The molecule has 0 aliphatic heterocycles. The SMILES string of the molecule is Cc1ccc(CC(=O)Nc2cc(S(C)(=O)=O)ccc2Cl)cc1C. The van der Waals surface area contributed by atoms with Crippen LogP contribution in [0.1, 0.15) is 16.7 Å². The predicted molar refractivity (Wildman–Crippen MR) is 92.8 cm³/mol. The number of carbonyl (C=O) groups is 1. The Kier molecular flexibility index (Phi) is 5.12. The highest BCUT2D eigenvalue weighted by atomic mass is 35.5. The van der Waals surface area contributed by atoms with E-state index in [0.717, 1.165) is 22.9 Å². The van der Waals surface area contributed by atoms with E-state index in [2.05, 4.69) is 5.32 Å². The minimum absolute atomic E-state index is 0.114. The molecule has 0 heterocycles. The molecule has 1 N–H and O–H groups in total. The highest BCUT2D eigenvalue weighted by Gasteiger charge is 2.12. The predicted octanol–water partition coefficient (Wildman–Crippen LogP) is 3.54. The number of rotatable bonds is 4. The van der Waals surface area contributed by atoms with Crippen LogP contribution in [0.15, 0.2) is 41.3 Å². The van der Waals surface area contributed by atoms with Crippen LogP contribution >= 0.6 is 11.6 Å². The molecule has 2 aromatic rings. The molecule has 0 saturated heterocycles. The van der Waals surface area contributed by atoms with E-state index in [0.29, 0.717) is 10.7 Å². The van der Waals surface area contributed by atoms with E-state index in [1.165, 1.54) is 18.2 Å². The molecule has 2 rings (SSSR count). The molecule has 0 bridgehead atoms. The fourth-order valence-electron chi connectivity index (χ4n) is 2.12. The van der Waals surface area contributed by atoms with Crippen LogP contribution in [0.2, 0.25) is 5.02 Å². The Hall–Kier alpha value is -1.85. The maximum Gasteiger partial charge on any atom is 0.228 e. The van der Waals surface area contributed by atoms with Gasteiger partial charge in [0, 0.05) is 6.26 Å². The number of sulfone groups is 1. The second-order valence-corrected chi connectivity index (χ2v) is 7.98. The molecule has 0 aliphatic rings. The van der Waals surface area contributed by atoms with Gasteiger partial charge >= 0.3 is 0 Å². The molecular weight excluding hydrogens is 334 g/mol. The van der Waals surface area contributed by atoms with Crippen LogP contribution in [0.3, 0.4) is 0 Å². The van der Waals surface area contributed by atoms with E-state index in [1.54, 1.807) is 0 Å². The van der Waals surface area contributed by atoms with Gasteiger partial charge in [-0.1, -0.05) is 29.8 Å². The van der Waals surface area contributed by atoms with E-state index in [4.69, 9.17) is 11.6 Å². The van der Waals surface area contributed by atoms with Crippen LogP contribution in [-0.2, 0) is 21.1 Å². The number of anilines is 1. The summed E-state index contributed by atoms with van der Waals surface area (Å²) < 4.78 is 23.2. The molecule has 0 aromatic heterocycles. The second kappa shape index (κ2) is 6.72. The lowest BCUT2D eigenvalue weighted by Crippen LogP contribution is -2.15. The van der Waals surface area contributed by atoms with Crippen molar-refractivity contribution in [3.63, 3.8) is 0 Å². The van der Waals surface area contributed by atoms with Crippen molar-refractivity contribution in [1.82, 2.24) is 0 Å². The summed E-state index contributed by atoms with van der Waals surface area (Å²) in [6, 6.07) is 10.1. The van der Waals surface area contributed by atoms with Crippen molar-refractivity contribution in [3.8, 4) is 0 Å². The summed E-state index contributed by atoms with van der Waals surface area (Å²) >= 11 is 6.03. The topological polar surface area (TPSA) is 63.2 Å². The molecule has 0 spiro atoms. The summed E-state index contributed by atoms with van der Waals surface area (Å²) in [5, 5.41) is 2.97. The molecule has 0 fully saturated rings. The first kappa shape index (κ1) is 17.5. The molecule has 122 valence electrons. The highest BCUT2D eigenvalue weighted by molar-refractivity contribution is 7.90. The van der Waals surface area contributed by atoms with Gasteiger partial charge in [0.15, 0.2) is 9.84 Å². The minimum Gasteiger partial charge on any atom is -0.324 e. The fraction of sp³-hybridized carbons (Fsp3) is 0.235. The molecule has 23 heavy (non-hydrogen) atoms. The molecule has 0 unspecified atom stereocenters. The van der Waals surface area contributed by atoms with E-state index >= 15 is 0 Å². The van der Waals surface area contributed by atoms with E-state index in [1.807, 2.05) is 32.0 Å². The fourth-order valence-corrected chi connectivity index (χ4v) is 2.94. The molecule has 1 amide bonds. The third kappa shape index (κ3) is 4.56. The molecular formula is C17H18ClNO3S. The second-order valence-electron chi connectivity index (χ2n) is 5.56. The molecule has 0 atom stereocenters. The normalized spacial score (nSPS) is 11.3. The van der Waals surface area contributed by atoms with Crippen molar-refractivity contribution in [2.24, 2.45) is 0 Å². The molecule has 0 saturated carbocycles. The number of amides is 1. The number of hydrogen-bond acceptors (Lipinski definition) is 3. The van der Waals surface area contributed by atoms with Gasteiger partial charge < -0.3 is 5.32 Å². The summed E-state index contributed by atoms with van der Waals surface area (Å²) in [6.07, 6.45) is 1.30. The Morgan fingerprint density at radius 1 is 1.09 bits per heavy atom. The summed E-state index contributed by atoms with van der Waals surface area (Å²) in [4.78, 5) is 12.3. The van der Waals surface area contributed by atoms with Crippen molar-refractivity contribution in [2.45, 2.75) is 25.2 Å². The van der Waals surface area contributed by atoms with Crippen molar-refractivity contribution >= 4 is 33.0 Å². The van der Waals surface area contributed by atoms with Crippen LogP contribution < -0.4 is 5.32 Å². The Bertz CT molecular complexity index is 860. The van der Waals surface area contributed by atoms with Crippen molar-refractivity contribution in [2.75, 3.05) is 11.6 Å². The largest absolute Gasteiger partial charge is 0.324 e. The lowest BCUT2D eigenvalue weighted by molar-refractivity contribution is -0.115. The number of aryl methyl sites for hydroxylation is 2. The van der Waals surface area contributed by atoms with Crippen LogP contribution in [0.5, 0.6) is 0 Å². The number of benzene rings is 2. The van der Waals surface area contributed by atoms with Gasteiger partial charge in [0.25, 0.3) is 0 Å². The quantitative estimate of drug-likeness (QED) is 0.916. The van der Waals surface area contributed by atoms with Crippen molar-refractivity contribution in [3.05, 3.63) is 58.1 Å². The maximum atomic E-state index is 12.2. The van der Waals surface area contributed by atoms with Gasteiger partial charge in [-0.2, -0.15) is 0 Å². The van der Waals surface area contributed by atoms with E-state index < -0.39 is 9.84 Å². The smallest absolute Gasteiger partial charge is 0.228 e. The first-order chi connectivity index (χ1) is 10.7. The molecule has 6 heteroatoms. The van der Waals surface area contributed by atoms with E-state index in [-0.39, 0.29) is 17.2 Å². The van der Waals surface area contributed by atoms with Crippen LogP contribution in [-0.4, -0.2) is 20.6 Å². The summed E-state index contributed by atoms with van der Waals surface area (Å²) in [5.41, 5.74) is 3.47. The molecule has 2 aromatic carbocycles. The van der Waals surface area contributed by atoms with Crippen LogP contribution in [0.4, 0.5) is 5.69 Å². The molecule has 0 radical (unpaired) electrons. The molecule has 0 aliphatic carbocycles. The third-order valence-corrected chi connectivity index (χ3v) is 5.02. The lowest BCUT2D eigenvalue weighted by atomic mass is 10.0. The molecule has 4 nitrogen and oxygen atoms in total. The summed E-state index contributed by atoms with van der Waals surface area (Å²) in [7, 11) is -3.36. The van der Waals surface area contributed by atoms with Gasteiger partial charge in [-0.05, 0) is 48.7 Å². The zero-order valence-corrected chi connectivity index (χ0v) is 14.8. The highest BCUT2D eigenvalue weighted by Crippen LogP contribution is 2.25. The zero-order chi connectivity index (χ0) is 17.2. The third-order valence-electron chi connectivity index (χ3n) is 3.58. The Morgan fingerprint density at radius 2 is 1.78 bits per heavy atom. The lowest BCUT2D eigenvalue weighted by Gasteiger charge is -2.10. The summed E-state index contributed by atoms with van der Waals surface area (Å²) in [6.45, 7) is 4.00. The van der Waals surface area contributed by atoms with Crippen LogP contribution in [0.25, 0.3) is 0 Å². The van der Waals surface area contributed by atoms with Crippen molar-refractivity contribution in [1.29, 1.82) is 0 Å². The first-order valence-electron chi connectivity index (χ1n) is 7.02. The van der Waals surface area contributed by atoms with Crippen LogP contribution in [0, 0.1) is 13.8 Å². The van der Waals surface area contributed by atoms with Gasteiger partial charge in [0.1, 0.15) is 0 Å². The van der Waals surface area contributed by atoms with Gasteiger partial charge in [0.05, 0.1) is 22.0 Å².